The molecule has 1 saturated heterocycles. The number of nitrogens with one attached hydrogen (secondary N) is 2. The van der Waals surface area contributed by atoms with Crippen LogP contribution >= 0.6 is 11.3 Å². The maximum Gasteiger partial charge on any atom is 0.269 e. The average molecular weight is 440 g/mol. The van der Waals surface area contributed by atoms with Crippen LogP contribution in [0.4, 0.5) is 0 Å². The van der Waals surface area contributed by atoms with Crippen LogP contribution in [0.3, 0.4) is 0 Å². The van der Waals surface area contributed by atoms with Crippen molar-refractivity contribution in [1.82, 2.24) is 25.5 Å². The maximum atomic E-state index is 12.6. The number of hydrogen-bond acceptors (Lipinski definition) is 7. The normalized spacial score (nSPS) is 14.5. The van der Waals surface area contributed by atoms with E-state index in [9.17, 15) is 9.59 Å². The van der Waals surface area contributed by atoms with Crippen molar-refractivity contribution in [2.75, 3.05) is 46.4 Å². The second-order valence-electron chi connectivity index (χ2n) is 7.26. The predicted molar refractivity (Wildman–Crippen MR) is 120 cm³/mol. The zero-order chi connectivity index (χ0) is 21.6. The number of hydrogen-bond donors (Lipinski definition) is 2. The SMILES string of the molecule is CNC(=O)c1ccc2cncc(-c3ccc(C(=O)NCCCN4CCOCC4)s3)c2n1. The Labute approximate surface area is 184 Å². The van der Waals surface area contributed by atoms with Gasteiger partial charge in [-0.05, 0) is 37.2 Å². The number of carbonyl (C=O) groups excluding carboxylic acids is 2. The molecule has 0 spiro atoms. The van der Waals surface area contributed by atoms with E-state index in [1.54, 1.807) is 25.5 Å². The Morgan fingerprint density at radius 1 is 1.13 bits per heavy atom. The highest BCUT2D eigenvalue weighted by Crippen LogP contribution is 2.32. The summed E-state index contributed by atoms with van der Waals surface area (Å²) in [5.74, 6) is -0.321. The molecule has 9 heteroatoms. The topological polar surface area (TPSA) is 96.5 Å². The lowest BCUT2D eigenvalue weighted by atomic mass is 10.1. The van der Waals surface area contributed by atoms with Crippen molar-refractivity contribution in [3.63, 3.8) is 0 Å². The van der Waals surface area contributed by atoms with E-state index >= 15 is 0 Å². The molecular weight excluding hydrogens is 414 g/mol. The van der Waals surface area contributed by atoms with Crippen LogP contribution in [0.5, 0.6) is 0 Å². The van der Waals surface area contributed by atoms with Gasteiger partial charge in [0.05, 0.1) is 23.6 Å². The number of thiophene rings is 1. The summed E-state index contributed by atoms with van der Waals surface area (Å²) in [5.41, 5.74) is 1.84. The quantitative estimate of drug-likeness (QED) is 0.548. The second kappa shape index (κ2) is 9.95. The summed E-state index contributed by atoms with van der Waals surface area (Å²) in [4.78, 5) is 37.2. The van der Waals surface area contributed by atoms with Crippen molar-refractivity contribution in [1.29, 1.82) is 0 Å². The number of aromatic nitrogens is 2. The highest BCUT2D eigenvalue weighted by atomic mass is 32.1. The second-order valence-corrected chi connectivity index (χ2v) is 8.35. The van der Waals surface area contributed by atoms with Crippen LogP contribution in [-0.4, -0.2) is 73.1 Å². The van der Waals surface area contributed by atoms with Gasteiger partial charge < -0.3 is 15.4 Å². The Kier molecular flexibility index (Phi) is 6.86. The van der Waals surface area contributed by atoms with E-state index in [0.29, 0.717) is 22.6 Å². The molecule has 4 heterocycles. The van der Waals surface area contributed by atoms with Gasteiger partial charge in [-0.25, -0.2) is 4.98 Å². The van der Waals surface area contributed by atoms with E-state index < -0.39 is 0 Å². The summed E-state index contributed by atoms with van der Waals surface area (Å²) >= 11 is 1.40. The fraction of sp³-hybridized carbons (Fsp3) is 0.364. The van der Waals surface area contributed by atoms with Crippen LogP contribution in [0.1, 0.15) is 26.6 Å². The first-order valence-corrected chi connectivity index (χ1v) is 11.1. The summed E-state index contributed by atoms with van der Waals surface area (Å²) < 4.78 is 5.35. The molecule has 31 heavy (non-hydrogen) atoms. The molecule has 2 amide bonds. The number of morpholine rings is 1. The van der Waals surface area contributed by atoms with Crippen molar-refractivity contribution in [2.45, 2.75) is 6.42 Å². The first-order chi connectivity index (χ1) is 15.2. The van der Waals surface area contributed by atoms with E-state index in [2.05, 4.69) is 25.5 Å². The fourth-order valence-corrected chi connectivity index (χ4v) is 4.43. The monoisotopic (exact) mass is 439 g/mol. The summed E-state index contributed by atoms with van der Waals surface area (Å²) in [6.07, 6.45) is 4.34. The lowest BCUT2D eigenvalue weighted by molar-refractivity contribution is 0.0374. The Hall–Kier alpha value is -2.88. The molecule has 8 nitrogen and oxygen atoms in total. The largest absolute Gasteiger partial charge is 0.379 e. The standard InChI is InChI=1S/C22H25N5O3S/c1-23-21(28)17-4-3-15-13-24-14-16(20(15)26-17)18-5-6-19(31-18)22(29)25-7-2-8-27-9-11-30-12-10-27/h3-6,13-14H,2,7-12H2,1H3,(H,23,28)(H,25,29). The van der Waals surface area contributed by atoms with Gasteiger partial charge in [0.15, 0.2) is 0 Å². The van der Waals surface area contributed by atoms with Gasteiger partial charge in [-0.1, -0.05) is 0 Å². The van der Waals surface area contributed by atoms with Gasteiger partial charge in [0, 0.05) is 54.9 Å². The van der Waals surface area contributed by atoms with Gasteiger partial charge >= 0.3 is 0 Å². The predicted octanol–water partition coefficient (Wildman–Crippen LogP) is 2.17. The van der Waals surface area contributed by atoms with Crippen molar-refractivity contribution in [3.05, 3.63) is 47.2 Å². The maximum absolute atomic E-state index is 12.6. The van der Waals surface area contributed by atoms with E-state index in [1.807, 2.05) is 18.2 Å². The lowest BCUT2D eigenvalue weighted by Gasteiger charge is -2.26. The average Bonchev–Trinajstić information content (AvgIpc) is 3.31. The minimum atomic E-state index is -0.243. The van der Waals surface area contributed by atoms with Gasteiger partial charge in [-0.15, -0.1) is 11.3 Å². The molecule has 1 fully saturated rings. The third kappa shape index (κ3) is 5.07. The molecule has 162 valence electrons. The minimum Gasteiger partial charge on any atom is -0.379 e. The number of fused-ring (bicyclic) bond motifs is 1. The van der Waals surface area contributed by atoms with Crippen molar-refractivity contribution in [2.24, 2.45) is 0 Å². The molecule has 0 bridgehead atoms. The van der Waals surface area contributed by atoms with Gasteiger partial charge in [0.2, 0.25) is 0 Å². The molecule has 0 aromatic carbocycles. The Bertz CT molecular complexity index is 1080. The number of pyridine rings is 2. The highest BCUT2D eigenvalue weighted by Gasteiger charge is 2.15. The third-order valence-corrected chi connectivity index (χ3v) is 6.31. The van der Waals surface area contributed by atoms with E-state index in [1.165, 1.54) is 11.3 Å². The Balaban J connectivity index is 1.43. The number of rotatable bonds is 7. The van der Waals surface area contributed by atoms with Gasteiger partial charge in [-0.2, -0.15) is 0 Å². The number of ether oxygens (including phenoxy) is 1. The zero-order valence-corrected chi connectivity index (χ0v) is 18.2. The number of carbonyl (C=O) groups is 2. The Morgan fingerprint density at radius 3 is 2.77 bits per heavy atom. The molecule has 0 radical (unpaired) electrons. The molecule has 0 unspecified atom stereocenters. The van der Waals surface area contributed by atoms with E-state index in [0.717, 1.165) is 55.1 Å². The first-order valence-electron chi connectivity index (χ1n) is 10.3. The summed E-state index contributed by atoms with van der Waals surface area (Å²) in [5, 5.41) is 6.43. The van der Waals surface area contributed by atoms with Crippen LogP contribution in [0, 0.1) is 0 Å². The Morgan fingerprint density at radius 2 is 1.97 bits per heavy atom. The number of amides is 2. The first kappa shape index (κ1) is 21.4. The highest BCUT2D eigenvalue weighted by molar-refractivity contribution is 7.17. The molecule has 0 atom stereocenters. The van der Waals surface area contributed by atoms with Crippen LogP contribution in [-0.2, 0) is 4.74 Å². The van der Waals surface area contributed by atoms with Gasteiger partial charge in [0.25, 0.3) is 11.8 Å². The van der Waals surface area contributed by atoms with Crippen LogP contribution in [0.25, 0.3) is 21.3 Å². The van der Waals surface area contributed by atoms with Crippen molar-refractivity contribution < 1.29 is 14.3 Å². The summed E-state index contributed by atoms with van der Waals surface area (Å²) in [6.45, 7) is 5.07. The van der Waals surface area contributed by atoms with Gasteiger partial charge in [0.1, 0.15) is 5.69 Å². The third-order valence-electron chi connectivity index (χ3n) is 5.19. The lowest BCUT2D eigenvalue weighted by Crippen LogP contribution is -2.38. The van der Waals surface area contributed by atoms with Crippen LogP contribution in [0.15, 0.2) is 36.7 Å². The molecule has 0 saturated carbocycles. The van der Waals surface area contributed by atoms with Crippen LogP contribution in [0.2, 0.25) is 0 Å². The molecule has 0 aliphatic carbocycles. The summed E-state index contributed by atoms with van der Waals surface area (Å²) in [6, 6.07) is 7.23. The molecule has 3 aromatic rings. The molecule has 1 aliphatic rings. The van der Waals surface area contributed by atoms with E-state index in [-0.39, 0.29) is 11.8 Å². The molecule has 4 rings (SSSR count). The zero-order valence-electron chi connectivity index (χ0n) is 17.4. The van der Waals surface area contributed by atoms with E-state index in [4.69, 9.17) is 4.74 Å². The van der Waals surface area contributed by atoms with Crippen LogP contribution < -0.4 is 10.6 Å². The molecule has 1 aliphatic heterocycles. The smallest absolute Gasteiger partial charge is 0.269 e. The molecular formula is C22H25N5O3S. The molecule has 3 aromatic heterocycles. The summed E-state index contributed by atoms with van der Waals surface area (Å²) in [7, 11) is 1.58. The minimum absolute atomic E-state index is 0.0783. The van der Waals surface area contributed by atoms with Crippen molar-refractivity contribution >= 4 is 34.1 Å². The number of nitrogens with zero attached hydrogens (tertiary/aromatic N) is 3. The fourth-order valence-electron chi connectivity index (χ4n) is 3.50. The van der Waals surface area contributed by atoms with Crippen molar-refractivity contribution in [3.8, 4) is 10.4 Å². The van der Waals surface area contributed by atoms with Gasteiger partial charge in [-0.3, -0.25) is 19.5 Å². The molecule has 2 N–H and O–H groups in total.